The van der Waals surface area contributed by atoms with Crippen LogP contribution in [0, 0.1) is 0 Å². The SMILES string of the molecule is CCCN(CC)C(=O)c1cc(CN2CCOCC2)on1. The van der Waals surface area contributed by atoms with E-state index in [1.807, 2.05) is 6.92 Å². The van der Waals surface area contributed by atoms with Crippen molar-refractivity contribution >= 4 is 5.91 Å². The Bertz CT molecular complexity index is 427. The zero-order valence-corrected chi connectivity index (χ0v) is 12.3. The van der Waals surface area contributed by atoms with Crippen molar-refractivity contribution in [2.75, 3.05) is 39.4 Å². The Morgan fingerprint density at radius 1 is 1.40 bits per heavy atom. The van der Waals surface area contributed by atoms with Gasteiger partial charge in [0.05, 0.1) is 19.8 Å². The summed E-state index contributed by atoms with van der Waals surface area (Å²) in [5.41, 5.74) is 0.406. The summed E-state index contributed by atoms with van der Waals surface area (Å²) in [7, 11) is 0. The molecule has 1 fully saturated rings. The second-order valence-corrected chi connectivity index (χ2v) is 4.95. The third-order valence-electron chi connectivity index (χ3n) is 3.42. The molecule has 2 heterocycles. The van der Waals surface area contributed by atoms with Crippen molar-refractivity contribution in [3.8, 4) is 0 Å². The number of aromatic nitrogens is 1. The van der Waals surface area contributed by atoms with Crippen LogP contribution in [-0.2, 0) is 11.3 Å². The fraction of sp³-hybridized carbons (Fsp3) is 0.714. The lowest BCUT2D eigenvalue weighted by molar-refractivity contribution is 0.0305. The van der Waals surface area contributed by atoms with Gasteiger partial charge in [0.1, 0.15) is 0 Å². The van der Waals surface area contributed by atoms with Gasteiger partial charge in [0.2, 0.25) is 0 Å². The zero-order chi connectivity index (χ0) is 14.4. The first-order chi connectivity index (χ1) is 9.74. The van der Waals surface area contributed by atoms with Crippen LogP contribution >= 0.6 is 0 Å². The van der Waals surface area contributed by atoms with Gasteiger partial charge in [-0.25, -0.2) is 0 Å². The Kier molecular flexibility index (Phi) is 5.55. The van der Waals surface area contributed by atoms with Crippen LogP contribution in [0.4, 0.5) is 0 Å². The van der Waals surface area contributed by atoms with Crippen molar-refractivity contribution in [1.82, 2.24) is 15.0 Å². The summed E-state index contributed by atoms with van der Waals surface area (Å²) in [6.45, 7) is 9.44. The molecule has 1 aromatic rings. The van der Waals surface area contributed by atoms with E-state index in [0.717, 1.165) is 45.0 Å². The summed E-state index contributed by atoms with van der Waals surface area (Å²) in [6, 6.07) is 1.76. The summed E-state index contributed by atoms with van der Waals surface area (Å²) in [6.07, 6.45) is 0.943. The van der Waals surface area contributed by atoms with Gasteiger partial charge in [-0.1, -0.05) is 12.1 Å². The van der Waals surface area contributed by atoms with Crippen LogP contribution in [0.25, 0.3) is 0 Å². The number of ether oxygens (including phenoxy) is 1. The summed E-state index contributed by atoms with van der Waals surface area (Å²) < 4.78 is 10.6. The molecule has 1 saturated heterocycles. The molecule has 2 rings (SSSR count). The molecule has 20 heavy (non-hydrogen) atoms. The van der Waals surface area contributed by atoms with Gasteiger partial charge in [-0.3, -0.25) is 9.69 Å². The molecule has 6 heteroatoms. The maximum atomic E-state index is 12.2. The third kappa shape index (κ3) is 3.80. The topological polar surface area (TPSA) is 58.8 Å². The summed E-state index contributed by atoms with van der Waals surface area (Å²) in [5, 5.41) is 3.91. The molecule has 0 bridgehead atoms. The second kappa shape index (κ2) is 7.40. The number of rotatable bonds is 6. The van der Waals surface area contributed by atoms with Crippen molar-refractivity contribution in [3.63, 3.8) is 0 Å². The molecule has 0 radical (unpaired) electrons. The highest BCUT2D eigenvalue weighted by atomic mass is 16.5. The quantitative estimate of drug-likeness (QED) is 0.788. The minimum Gasteiger partial charge on any atom is -0.379 e. The number of carbonyl (C=O) groups is 1. The molecule has 0 aromatic carbocycles. The van der Waals surface area contributed by atoms with E-state index in [1.54, 1.807) is 11.0 Å². The van der Waals surface area contributed by atoms with Gasteiger partial charge < -0.3 is 14.2 Å². The Hall–Kier alpha value is -1.40. The van der Waals surface area contributed by atoms with E-state index in [4.69, 9.17) is 9.26 Å². The van der Waals surface area contributed by atoms with E-state index >= 15 is 0 Å². The molecule has 1 aliphatic rings. The molecule has 1 aliphatic heterocycles. The lowest BCUT2D eigenvalue weighted by Crippen LogP contribution is -2.35. The molecule has 0 spiro atoms. The number of carbonyl (C=O) groups excluding carboxylic acids is 1. The van der Waals surface area contributed by atoms with Crippen molar-refractivity contribution in [2.24, 2.45) is 0 Å². The molecule has 0 atom stereocenters. The van der Waals surface area contributed by atoms with Crippen LogP contribution < -0.4 is 0 Å². The van der Waals surface area contributed by atoms with Gasteiger partial charge in [-0.05, 0) is 13.3 Å². The van der Waals surface area contributed by atoms with Gasteiger partial charge in [-0.2, -0.15) is 0 Å². The molecular weight excluding hydrogens is 258 g/mol. The number of hydrogen-bond donors (Lipinski definition) is 0. The van der Waals surface area contributed by atoms with Crippen molar-refractivity contribution in [3.05, 3.63) is 17.5 Å². The molecule has 6 nitrogen and oxygen atoms in total. The maximum Gasteiger partial charge on any atom is 0.276 e. The fourth-order valence-corrected chi connectivity index (χ4v) is 2.30. The Balaban J connectivity index is 1.95. The highest BCUT2D eigenvalue weighted by Gasteiger charge is 2.19. The maximum absolute atomic E-state index is 12.2. The first-order valence-corrected chi connectivity index (χ1v) is 7.29. The van der Waals surface area contributed by atoms with Crippen molar-refractivity contribution < 1.29 is 14.1 Å². The third-order valence-corrected chi connectivity index (χ3v) is 3.42. The highest BCUT2D eigenvalue weighted by molar-refractivity contribution is 5.92. The first-order valence-electron chi connectivity index (χ1n) is 7.29. The molecule has 0 saturated carbocycles. The van der Waals surface area contributed by atoms with Gasteiger partial charge in [0, 0.05) is 32.2 Å². The Morgan fingerprint density at radius 3 is 2.80 bits per heavy atom. The first kappa shape index (κ1) is 15.0. The average Bonchev–Trinajstić information content (AvgIpc) is 2.93. The highest BCUT2D eigenvalue weighted by Crippen LogP contribution is 2.11. The minimum absolute atomic E-state index is 0.0497. The monoisotopic (exact) mass is 281 g/mol. The number of amides is 1. The van der Waals surface area contributed by atoms with Gasteiger partial charge in [0.25, 0.3) is 5.91 Å². The second-order valence-electron chi connectivity index (χ2n) is 4.95. The van der Waals surface area contributed by atoms with Crippen LogP contribution in [-0.4, -0.2) is 60.3 Å². The molecule has 0 unspecified atom stereocenters. The molecule has 0 aliphatic carbocycles. The Morgan fingerprint density at radius 2 is 2.15 bits per heavy atom. The van der Waals surface area contributed by atoms with Crippen molar-refractivity contribution in [1.29, 1.82) is 0 Å². The van der Waals surface area contributed by atoms with Gasteiger partial charge >= 0.3 is 0 Å². The lowest BCUT2D eigenvalue weighted by atomic mass is 10.3. The largest absolute Gasteiger partial charge is 0.379 e. The van der Waals surface area contributed by atoms with E-state index in [1.165, 1.54) is 0 Å². The van der Waals surface area contributed by atoms with E-state index in [9.17, 15) is 4.79 Å². The van der Waals surface area contributed by atoms with E-state index in [0.29, 0.717) is 18.8 Å². The predicted molar refractivity (Wildman–Crippen MR) is 74.5 cm³/mol. The molecular formula is C14H23N3O3. The average molecular weight is 281 g/mol. The fourth-order valence-electron chi connectivity index (χ4n) is 2.30. The van der Waals surface area contributed by atoms with Crippen LogP contribution in [0.1, 0.15) is 36.5 Å². The van der Waals surface area contributed by atoms with Crippen LogP contribution in [0.2, 0.25) is 0 Å². The van der Waals surface area contributed by atoms with Gasteiger partial charge in [-0.15, -0.1) is 0 Å². The molecule has 112 valence electrons. The van der Waals surface area contributed by atoms with Gasteiger partial charge in [0.15, 0.2) is 11.5 Å². The van der Waals surface area contributed by atoms with Crippen LogP contribution in [0.5, 0.6) is 0 Å². The normalized spacial score (nSPS) is 16.3. The zero-order valence-electron chi connectivity index (χ0n) is 12.3. The van der Waals surface area contributed by atoms with E-state index in [2.05, 4.69) is 17.0 Å². The van der Waals surface area contributed by atoms with Crippen LogP contribution in [0.3, 0.4) is 0 Å². The Labute approximate surface area is 119 Å². The van der Waals surface area contributed by atoms with Crippen molar-refractivity contribution in [2.45, 2.75) is 26.8 Å². The number of morpholine rings is 1. The summed E-state index contributed by atoms with van der Waals surface area (Å²) in [5.74, 6) is 0.689. The summed E-state index contributed by atoms with van der Waals surface area (Å²) >= 11 is 0. The van der Waals surface area contributed by atoms with E-state index < -0.39 is 0 Å². The standard InChI is InChI=1S/C14H23N3O3/c1-3-5-17(4-2)14(18)13-10-12(20-15-13)11-16-6-8-19-9-7-16/h10H,3-9,11H2,1-2H3. The van der Waals surface area contributed by atoms with E-state index in [-0.39, 0.29) is 5.91 Å². The molecule has 1 aromatic heterocycles. The number of nitrogens with zero attached hydrogens (tertiary/aromatic N) is 3. The minimum atomic E-state index is -0.0497. The smallest absolute Gasteiger partial charge is 0.276 e. The number of hydrogen-bond acceptors (Lipinski definition) is 5. The van der Waals surface area contributed by atoms with Crippen LogP contribution in [0.15, 0.2) is 10.6 Å². The predicted octanol–water partition coefficient (Wildman–Crippen LogP) is 1.38. The summed E-state index contributed by atoms with van der Waals surface area (Å²) in [4.78, 5) is 16.3. The molecule has 1 amide bonds. The lowest BCUT2D eigenvalue weighted by Gasteiger charge is -2.25. The molecule has 0 N–H and O–H groups in total.